The molecular weight excluding hydrogens is 348 g/mol. The number of benzene rings is 1. The summed E-state index contributed by atoms with van der Waals surface area (Å²) in [6, 6.07) is 4.95. The van der Waals surface area contributed by atoms with E-state index in [1.807, 2.05) is 13.8 Å². The first-order chi connectivity index (χ1) is 12.9. The molecular formula is C20H24N2O5. The SMILES string of the molecule is COC(=O)[C@H](C(C)C)N1CCCC[C@H](N2C(=O)c3ccccc3C2=O)C1=O. The van der Waals surface area contributed by atoms with Crippen LogP contribution in [0.3, 0.4) is 0 Å². The molecule has 0 saturated carbocycles. The summed E-state index contributed by atoms with van der Waals surface area (Å²) in [7, 11) is 1.29. The predicted molar refractivity (Wildman–Crippen MR) is 96.9 cm³/mol. The summed E-state index contributed by atoms with van der Waals surface area (Å²) in [4.78, 5) is 53.8. The van der Waals surface area contributed by atoms with E-state index in [0.717, 1.165) is 4.90 Å². The highest BCUT2D eigenvalue weighted by Crippen LogP contribution is 2.29. The molecule has 0 aliphatic carbocycles. The highest BCUT2D eigenvalue weighted by atomic mass is 16.5. The summed E-state index contributed by atoms with van der Waals surface area (Å²) in [5, 5.41) is 0. The van der Waals surface area contributed by atoms with E-state index in [1.54, 1.807) is 24.3 Å². The number of ether oxygens (including phenoxy) is 1. The van der Waals surface area contributed by atoms with E-state index in [9.17, 15) is 19.2 Å². The van der Waals surface area contributed by atoms with E-state index in [1.165, 1.54) is 12.0 Å². The highest BCUT2D eigenvalue weighted by molar-refractivity contribution is 6.22. The maximum absolute atomic E-state index is 13.3. The van der Waals surface area contributed by atoms with Crippen LogP contribution in [0.4, 0.5) is 0 Å². The largest absolute Gasteiger partial charge is 0.467 e. The van der Waals surface area contributed by atoms with Crippen LogP contribution in [0.5, 0.6) is 0 Å². The molecule has 27 heavy (non-hydrogen) atoms. The fourth-order valence-corrected chi connectivity index (χ4v) is 3.93. The molecule has 0 aromatic heterocycles. The fourth-order valence-electron chi connectivity index (χ4n) is 3.93. The van der Waals surface area contributed by atoms with Gasteiger partial charge in [0, 0.05) is 6.54 Å². The predicted octanol–water partition coefficient (Wildman–Crippen LogP) is 1.86. The van der Waals surface area contributed by atoms with Crippen molar-refractivity contribution in [2.24, 2.45) is 5.92 Å². The summed E-state index contributed by atoms with van der Waals surface area (Å²) in [5.41, 5.74) is 0.638. The smallest absolute Gasteiger partial charge is 0.328 e. The van der Waals surface area contributed by atoms with Crippen molar-refractivity contribution >= 4 is 23.7 Å². The quantitative estimate of drug-likeness (QED) is 0.595. The third-order valence-corrected chi connectivity index (χ3v) is 5.24. The van der Waals surface area contributed by atoms with E-state index in [2.05, 4.69) is 0 Å². The molecule has 2 atom stereocenters. The van der Waals surface area contributed by atoms with Crippen molar-refractivity contribution in [1.29, 1.82) is 0 Å². The number of hydrogen-bond acceptors (Lipinski definition) is 5. The number of likely N-dealkylation sites (tertiary alicyclic amines) is 1. The Morgan fingerprint density at radius 3 is 2.19 bits per heavy atom. The van der Waals surface area contributed by atoms with Gasteiger partial charge in [-0.1, -0.05) is 26.0 Å². The van der Waals surface area contributed by atoms with Gasteiger partial charge in [-0.2, -0.15) is 0 Å². The number of nitrogens with zero attached hydrogens (tertiary/aromatic N) is 2. The number of carbonyl (C=O) groups excluding carboxylic acids is 4. The van der Waals surface area contributed by atoms with Gasteiger partial charge in [-0.25, -0.2) is 4.79 Å². The number of methoxy groups -OCH3 is 1. The molecule has 0 N–H and O–H groups in total. The zero-order valence-electron chi connectivity index (χ0n) is 15.8. The van der Waals surface area contributed by atoms with Crippen LogP contribution in [0.2, 0.25) is 0 Å². The maximum atomic E-state index is 13.3. The van der Waals surface area contributed by atoms with Gasteiger partial charge in [0.1, 0.15) is 12.1 Å². The van der Waals surface area contributed by atoms with Gasteiger partial charge in [0.05, 0.1) is 18.2 Å². The lowest BCUT2D eigenvalue weighted by Crippen LogP contribution is -2.55. The van der Waals surface area contributed by atoms with E-state index in [0.29, 0.717) is 36.9 Å². The first-order valence-corrected chi connectivity index (χ1v) is 9.23. The molecule has 3 rings (SSSR count). The second kappa shape index (κ2) is 7.50. The first-order valence-electron chi connectivity index (χ1n) is 9.23. The van der Waals surface area contributed by atoms with Gasteiger partial charge >= 0.3 is 5.97 Å². The maximum Gasteiger partial charge on any atom is 0.328 e. The Balaban J connectivity index is 1.95. The van der Waals surface area contributed by atoms with Crippen LogP contribution in [0.25, 0.3) is 0 Å². The first kappa shape index (κ1) is 19.1. The number of carbonyl (C=O) groups is 4. The fraction of sp³-hybridized carbons (Fsp3) is 0.500. The van der Waals surface area contributed by atoms with Crippen molar-refractivity contribution in [3.8, 4) is 0 Å². The normalized spacial score (nSPS) is 21.3. The number of esters is 1. The van der Waals surface area contributed by atoms with Gasteiger partial charge in [-0.05, 0) is 37.3 Å². The molecule has 1 fully saturated rings. The van der Waals surface area contributed by atoms with Gasteiger partial charge in [-0.3, -0.25) is 19.3 Å². The van der Waals surface area contributed by atoms with E-state index >= 15 is 0 Å². The van der Waals surface area contributed by atoms with Crippen molar-refractivity contribution in [2.75, 3.05) is 13.7 Å². The molecule has 144 valence electrons. The molecule has 2 heterocycles. The van der Waals surface area contributed by atoms with Crippen LogP contribution < -0.4 is 0 Å². The number of imide groups is 1. The Labute approximate surface area is 158 Å². The Bertz CT molecular complexity index is 753. The molecule has 2 aliphatic heterocycles. The molecule has 1 saturated heterocycles. The molecule has 1 aromatic rings. The molecule has 1 aromatic carbocycles. The minimum absolute atomic E-state index is 0.151. The van der Waals surface area contributed by atoms with Crippen LogP contribution in [0, 0.1) is 5.92 Å². The minimum atomic E-state index is -0.897. The Morgan fingerprint density at radius 1 is 1.07 bits per heavy atom. The van der Waals surface area contributed by atoms with Crippen molar-refractivity contribution in [3.05, 3.63) is 35.4 Å². The topological polar surface area (TPSA) is 84.0 Å². The number of rotatable bonds is 4. The number of fused-ring (bicyclic) bond motifs is 1. The Kier molecular flexibility index (Phi) is 5.30. The molecule has 0 bridgehead atoms. The van der Waals surface area contributed by atoms with E-state index in [4.69, 9.17) is 4.74 Å². The molecule has 0 radical (unpaired) electrons. The average Bonchev–Trinajstić information content (AvgIpc) is 2.78. The minimum Gasteiger partial charge on any atom is -0.467 e. The third-order valence-electron chi connectivity index (χ3n) is 5.24. The van der Waals surface area contributed by atoms with Crippen LogP contribution >= 0.6 is 0 Å². The molecule has 0 spiro atoms. The van der Waals surface area contributed by atoms with E-state index in [-0.39, 0.29) is 11.8 Å². The Morgan fingerprint density at radius 2 is 1.67 bits per heavy atom. The Hall–Kier alpha value is -2.70. The van der Waals surface area contributed by atoms with Crippen LogP contribution in [-0.4, -0.2) is 59.2 Å². The summed E-state index contributed by atoms with van der Waals surface area (Å²) < 4.78 is 4.89. The summed E-state index contributed by atoms with van der Waals surface area (Å²) in [6.45, 7) is 4.09. The average molecular weight is 372 g/mol. The van der Waals surface area contributed by atoms with Crippen molar-refractivity contribution < 1.29 is 23.9 Å². The van der Waals surface area contributed by atoms with Crippen molar-refractivity contribution in [1.82, 2.24) is 9.80 Å². The second-order valence-corrected chi connectivity index (χ2v) is 7.28. The third kappa shape index (κ3) is 3.22. The van der Waals surface area contributed by atoms with Gasteiger partial charge in [0.15, 0.2) is 0 Å². The molecule has 7 nitrogen and oxygen atoms in total. The van der Waals surface area contributed by atoms with Gasteiger partial charge in [0.2, 0.25) is 5.91 Å². The second-order valence-electron chi connectivity index (χ2n) is 7.28. The van der Waals surface area contributed by atoms with Gasteiger partial charge in [-0.15, -0.1) is 0 Å². The van der Waals surface area contributed by atoms with Crippen molar-refractivity contribution in [2.45, 2.75) is 45.2 Å². The van der Waals surface area contributed by atoms with Crippen molar-refractivity contribution in [3.63, 3.8) is 0 Å². The molecule has 7 heteroatoms. The standard InChI is InChI=1S/C20H24N2O5/c1-12(2)16(20(26)27-3)21-11-7-6-10-15(19(21)25)22-17(23)13-8-4-5-9-14(13)18(22)24/h4-5,8-9,12,15-16H,6-7,10-11H2,1-3H3/t15-,16-/m0/s1. The highest BCUT2D eigenvalue weighted by Gasteiger charge is 2.46. The molecule has 3 amide bonds. The zero-order valence-corrected chi connectivity index (χ0v) is 15.8. The lowest BCUT2D eigenvalue weighted by Gasteiger charge is -2.35. The number of amides is 3. The lowest BCUT2D eigenvalue weighted by molar-refractivity contribution is -0.156. The molecule has 0 unspecified atom stereocenters. The summed E-state index contributed by atoms with van der Waals surface area (Å²) in [5.74, 6) is -1.90. The lowest BCUT2D eigenvalue weighted by atomic mass is 10.0. The van der Waals surface area contributed by atoms with E-state index < -0.39 is 29.9 Å². The zero-order chi connectivity index (χ0) is 19.7. The molecule has 2 aliphatic rings. The monoisotopic (exact) mass is 372 g/mol. The van der Waals surface area contributed by atoms with Crippen LogP contribution in [0.1, 0.15) is 53.8 Å². The summed E-state index contributed by atoms with van der Waals surface area (Å²) in [6.07, 6.45) is 1.78. The van der Waals surface area contributed by atoms with Gasteiger partial charge in [0.25, 0.3) is 11.8 Å². The van der Waals surface area contributed by atoms with Gasteiger partial charge < -0.3 is 9.64 Å². The summed E-state index contributed by atoms with van der Waals surface area (Å²) >= 11 is 0. The van der Waals surface area contributed by atoms with Crippen LogP contribution in [-0.2, 0) is 14.3 Å². The van der Waals surface area contributed by atoms with Crippen LogP contribution in [0.15, 0.2) is 24.3 Å². The number of hydrogen-bond donors (Lipinski definition) is 0.